The summed E-state index contributed by atoms with van der Waals surface area (Å²) in [6.45, 7) is 0. The molecule has 0 fully saturated rings. The van der Waals surface area contributed by atoms with E-state index >= 15 is 0 Å². The molecule has 0 spiro atoms. The highest BCUT2D eigenvalue weighted by atomic mass is 19.4. The number of aliphatic hydroxyl groups excluding tert-OH is 1. The van der Waals surface area contributed by atoms with Crippen LogP contribution in [0.2, 0.25) is 0 Å². The third kappa shape index (κ3) is 4.07. The van der Waals surface area contributed by atoms with E-state index in [2.05, 4.69) is 0 Å². The Morgan fingerprint density at radius 3 is 2.24 bits per heavy atom. The van der Waals surface area contributed by atoms with E-state index in [-0.39, 0.29) is 6.42 Å². The monoisotopic (exact) mass is 247 g/mol. The van der Waals surface area contributed by atoms with Crippen LogP contribution in [0.4, 0.5) is 13.2 Å². The average molecular weight is 247 g/mol. The summed E-state index contributed by atoms with van der Waals surface area (Å²) in [5, 5.41) is 9.12. The lowest BCUT2D eigenvalue weighted by Gasteiger charge is -2.08. The Bertz CT molecular complexity index is 387. The number of primary amides is 1. The van der Waals surface area contributed by atoms with E-state index in [4.69, 9.17) is 10.8 Å². The van der Waals surface area contributed by atoms with Gasteiger partial charge in [0.15, 0.2) is 0 Å². The molecule has 3 nitrogen and oxygen atoms in total. The van der Waals surface area contributed by atoms with Crippen LogP contribution in [0.25, 0.3) is 0 Å². The number of amides is 1. The van der Waals surface area contributed by atoms with Gasteiger partial charge >= 0.3 is 6.18 Å². The van der Waals surface area contributed by atoms with Gasteiger partial charge in [0.1, 0.15) is 6.10 Å². The lowest BCUT2D eigenvalue weighted by molar-refractivity contribution is -0.137. The molecule has 6 heteroatoms. The molecule has 1 aromatic carbocycles. The highest BCUT2D eigenvalue weighted by molar-refractivity contribution is 5.78. The van der Waals surface area contributed by atoms with Gasteiger partial charge in [-0.1, -0.05) is 12.1 Å². The van der Waals surface area contributed by atoms with E-state index in [0.717, 1.165) is 12.1 Å². The van der Waals surface area contributed by atoms with E-state index in [0.29, 0.717) is 12.0 Å². The number of carbonyl (C=O) groups is 1. The van der Waals surface area contributed by atoms with Gasteiger partial charge in [-0.3, -0.25) is 4.79 Å². The fourth-order valence-corrected chi connectivity index (χ4v) is 1.31. The number of rotatable bonds is 4. The number of aryl methyl sites for hydroxylation is 1. The zero-order valence-electron chi connectivity index (χ0n) is 8.87. The van der Waals surface area contributed by atoms with E-state index in [1.807, 2.05) is 0 Å². The second-order valence-electron chi connectivity index (χ2n) is 3.65. The van der Waals surface area contributed by atoms with Gasteiger partial charge in [-0.05, 0) is 30.5 Å². The first-order valence-electron chi connectivity index (χ1n) is 4.94. The van der Waals surface area contributed by atoms with Gasteiger partial charge in [-0.2, -0.15) is 13.2 Å². The Kier molecular flexibility index (Phi) is 4.11. The van der Waals surface area contributed by atoms with Gasteiger partial charge in [0, 0.05) is 0 Å². The molecule has 1 rings (SSSR count). The van der Waals surface area contributed by atoms with Crippen LogP contribution in [-0.4, -0.2) is 17.1 Å². The van der Waals surface area contributed by atoms with Gasteiger partial charge in [0.25, 0.3) is 0 Å². The normalized spacial score (nSPS) is 13.4. The minimum Gasteiger partial charge on any atom is -0.383 e. The number of hydrogen-bond donors (Lipinski definition) is 2. The van der Waals surface area contributed by atoms with Gasteiger partial charge in [0.2, 0.25) is 5.91 Å². The summed E-state index contributed by atoms with van der Waals surface area (Å²) < 4.78 is 36.7. The molecule has 0 saturated carbocycles. The van der Waals surface area contributed by atoms with Crippen molar-refractivity contribution in [3.05, 3.63) is 35.4 Å². The highest BCUT2D eigenvalue weighted by Gasteiger charge is 2.29. The van der Waals surface area contributed by atoms with Crippen molar-refractivity contribution in [2.24, 2.45) is 5.73 Å². The molecule has 1 amide bonds. The van der Waals surface area contributed by atoms with Crippen molar-refractivity contribution in [2.75, 3.05) is 0 Å². The second kappa shape index (κ2) is 5.18. The Balaban J connectivity index is 2.60. The lowest BCUT2D eigenvalue weighted by Crippen LogP contribution is -2.28. The topological polar surface area (TPSA) is 63.3 Å². The predicted octanol–water partition coefficient (Wildman–Crippen LogP) is 1.48. The number of benzene rings is 1. The maximum absolute atomic E-state index is 12.2. The fourth-order valence-electron chi connectivity index (χ4n) is 1.31. The maximum Gasteiger partial charge on any atom is 0.416 e. The quantitative estimate of drug-likeness (QED) is 0.846. The van der Waals surface area contributed by atoms with E-state index in [1.165, 1.54) is 12.1 Å². The molecule has 0 saturated heterocycles. The molecule has 3 N–H and O–H groups in total. The lowest BCUT2D eigenvalue weighted by atomic mass is 10.0. The van der Waals surface area contributed by atoms with Crippen molar-refractivity contribution in [3.8, 4) is 0 Å². The molecule has 94 valence electrons. The minimum atomic E-state index is -4.36. The van der Waals surface area contributed by atoms with Crippen LogP contribution in [0.5, 0.6) is 0 Å². The molecule has 0 aromatic heterocycles. The Labute approximate surface area is 96.0 Å². The highest BCUT2D eigenvalue weighted by Crippen LogP contribution is 2.29. The first kappa shape index (κ1) is 13.5. The third-order valence-corrected chi connectivity index (χ3v) is 2.32. The number of alkyl halides is 3. The van der Waals surface area contributed by atoms with Gasteiger partial charge < -0.3 is 10.8 Å². The number of aliphatic hydroxyl groups is 1. The van der Waals surface area contributed by atoms with Crippen molar-refractivity contribution in [1.82, 2.24) is 0 Å². The van der Waals surface area contributed by atoms with E-state index in [1.54, 1.807) is 0 Å². The Morgan fingerprint density at radius 1 is 1.29 bits per heavy atom. The predicted molar refractivity (Wildman–Crippen MR) is 55.0 cm³/mol. The van der Waals surface area contributed by atoms with Crippen LogP contribution in [0, 0.1) is 0 Å². The molecule has 0 aliphatic heterocycles. The van der Waals surface area contributed by atoms with Crippen LogP contribution >= 0.6 is 0 Å². The molecule has 0 heterocycles. The van der Waals surface area contributed by atoms with Crippen molar-refractivity contribution >= 4 is 5.91 Å². The number of hydrogen-bond acceptors (Lipinski definition) is 2. The first-order valence-corrected chi connectivity index (χ1v) is 4.94. The summed E-state index contributed by atoms with van der Waals surface area (Å²) in [6, 6.07) is 4.56. The molecule has 0 radical (unpaired) electrons. The zero-order valence-corrected chi connectivity index (χ0v) is 8.87. The van der Waals surface area contributed by atoms with Gasteiger partial charge in [-0.25, -0.2) is 0 Å². The average Bonchev–Trinajstić information content (AvgIpc) is 2.25. The smallest absolute Gasteiger partial charge is 0.383 e. The largest absolute Gasteiger partial charge is 0.416 e. The van der Waals surface area contributed by atoms with Crippen LogP contribution in [-0.2, 0) is 17.4 Å². The molecular weight excluding hydrogens is 235 g/mol. The standard InChI is InChI=1S/C11H12F3NO2/c12-11(13,14)8-4-1-7(2-5-8)3-6-9(16)10(15)17/h1-2,4-5,9,16H,3,6H2,(H2,15,17). The number of halogens is 3. The molecule has 1 aromatic rings. The van der Waals surface area contributed by atoms with Crippen molar-refractivity contribution in [2.45, 2.75) is 25.1 Å². The SMILES string of the molecule is NC(=O)C(O)CCc1ccc(C(F)(F)F)cc1. The third-order valence-electron chi connectivity index (χ3n) is 2.32. The summed E-state index contributed by atoms with van der Waals surface area (Å²) in [5.41, 5.74) is 4.73. The van der Waals surface area contributed by atoms with Crippen LogP contribution in [0.3, 0.4) is 0 Å². The summed E-state index contributed by atoms with van der Waals surface area (Å²) in [7, 11) is 0. The number of carbonyl (C=O) groups excluding carboxylic acids is 1. The fraction of sp³-hybridized carbons (Fsp3) is 0.364. The molecule has 0 bridgehead atoms. The summed E-state index contributed by atoms with van der Waals surface area (Å²) in [6.07, 6.45) is -5.23. The first-order chi connectivity index (χ1) is 7.80. The summed E-state index contributed by atoms with van der Waals surface area (Å²) in [4.78, 5) is 10.5. The molecular formula is C11H12F3NO2. The zero-order chi connectivity index (χ0) is 13.1. The molecule has 0 aliphatic carbocycles. The maximum atomic E-state index is 12.2. The Hall–Kier alpha value is -1.56. The minimum absolute atomic E-state index is 0.0979. The van der Waals surface area contributed by atoms with E-state index < -0.39 is 23.8 Å². The van der Waals surface area contributed by atoms with Gasteiger partial charge in [0.05, 0.1) is 5.56 Å². The van der Waals surface area contributed by atoms with Gasteiger partial charge in [-0.15, -0.1) is 0 Å². The molecule has 17 heavy (non-hydrogen) atoms. The van der Waals surface area contributed by atoms with E-state index in [9.17, 15) is 18.0 Å². The summed E-state index contributed by atoms with van der Waals surface area (Å²) >= 11 is 0. The second-order valence-corrected chi connectivity index (χ2v) is 3.65. The molecule has 0 aliphatic rings. The van der Waals surface area contributed by atoms with Crippen molar-refractivity contribution < 1.29 is 23.1 Å². The number of nitrogens with two attached hydrogens (primary N) is 1. The Morgan fingerprint density at radius 2 is 1.82 bits per heavy atom. The molecule has 1 atom stereocenters. The van der Waals surface area contributed by atoms with Crippen LogP contribution in [0.15, 0.2) is 24.3 Å². The van der Waals surface area contributed by atoms with Crippen molar-refractivity contribution in [3.63, 3.8) is 0 Å². The van der Waals surface area contributed by atoms with Crippen LogP contribution in [0.1, 0.15) is 17.5 Å². The van der Waals surface area contributed by atoms with Crippen molar-refractivity contribution in [1.29, 1.82) is 0 Å². The summed E-state index contributed by atoms with van der Waals surface area (Å²) in [5.74, 6) is -0.836. The molecule has 1 unspecified atom stereocenters. The van der Waals surface area contributed by atoms with Crippen LogP contribution < -0.4 is 5.73 Å².